The van der Waals surface area contributed by atoms with Gasteiger partial charge in [0.25, 0.3) is 5.91 Å². The summed E-state index contributed by atoms with van der Waals surface area (Å²) in [5.74, 6) is -0.787. The predicted octanol–water partition coefficient (Wildman–Crippen LogP) is 2.88. The van der Waals surface area contributed by atoms with Crippen molar-refractivity contribution >= 4 is 11.8 Å². The molecule has 8 heteroatoms. The van der Waals surface area contributed by atoms with Crippen molar-refractivity contribution < 1.29 is 23.1 Å². The average Bonchev–Trinajstić information content (AvgIpc) is 3.27. The molecule has 31 heavy (non-hydrogen) atoms. The summed E-state index contributed by atoms with van der Waals surface area (Å²) in [6, 6.07) is 13.2. The van der Waals surface area contributed by atoms with Gasteiger partial charge in [0, 0.05) is 37.6 Å². The van der Waals surface area contributed by atoms with Crippen LogP contribution in [0.4, 0.5) is 4.39 Å². The molecule has 1 aliphatic rings. The number of carbonyl (C=O) groups excluding carboxylic acids is 2. The van der Waals surface area contributed by atoms with Crippen molar-refractivity contribution in [3.63, 3.8) is 0 Å². The maximum atomic E-state index is 14.0. The van der Waals surface area contributed by atoms with E-state index in [4.69, 9.17) is 9.15 Å². The summed E-state index contributed by atoms with van der Waals surface area (Å²) in [5.41, 5.74) is 1.34. The van der Waals surface area contributed by atoms with Gasteiger partial charge >= 0.3 is 0 Å². The lowest BCUT2D eigenvalue weighted by Crippen LogP contribution is -2.39. The second kappa shape index (κ2) is 9.53. The van der Waals surface area contributed by atoms with Crippen molar-refractivity contribution in [2.75, 3.05) is 19.6 Å². The largest absolute Gasteiger partial charge is 0.459 e. The first-order valence-corrected chi connectivity index (χ1v) is 9.94. The maximum absolute atomic E-state index is 14.0. The van der Waals surface area contributed by atoms with E-state index in [1.807, 2.05) is 12.1 Å². The van der Waals surface area contributed by atoms with Crippen LogP contribution in [0.15, 0.2) is 71.6 Å². The number of hydrogen-bond donors (Lipinski definition) is 0. The van der Waals surface area contributed by atoms with Crippen molar-refractivity contribution in [1.29, 1.82) is 0 Å². The van der Waals surface area contributed by atoms with Crippen molar-refractivity contribution in [2.24, 2.45) is 0 Å². The maximum Gasteiger partial charge on any atom is 0.290 e. The zero-order valence-corrected chi connectivity index (χ0v) is 16.8. The lowest BCUT2D eigenvalue weighted by atomic mass is 10.2. The number of ether oxygens (including phenoxy) is 1. The van der Waals surface area contributed by atoms with Gasteiger partial charge in [-0.1, -0.05) is 18.2 Å². The number of aromatic nitrogens is 1. The quantitative estimate of drug-likeness (QED) is 0.610. The fourth-order valence-electron chi connectivity index (χ4n) is 3.48. The third-order valence-electron chi connectivity index (χ3n) is 5.10. The van der Waals surface area contributed by atoms with Gasteiger partial charge in [-0.25, -0.2) is 4.39 Å². The highest BCUT2D eigenvalue weighted by atomic mass is 19.1. The van der Waals surface area contributed by atoms with Crippen LogP contribution in [0.2, 0.25) is 0 Å². The van der Waals surface area contributed by atoms with Gasteiger partial charge in [-0.2, -0.15) is 0 Å². The van der Waals surface area contributed by atoms with Crippen LogP contribution >= 0.6 is 0 Å². The number of furan rings is 1. The molecule has 2 aromatic heterocycles. The highest BCUT2D eigenvalue weighted by molar-refractivity contribution is 5.94. The Balaban J connectivity index is 1.53. The lowest BCUT2D eigenvalue weighted by Gasteiger charge is -2.25. The van der Waals surface area contributed by atoms with Crippen molar-refractivity contribution in [1.82, 2.24) is 14.8 Å². The van der Waals surface area contributed by atoms with Crippen LogP contribution in [-0.2, 0) is 22.7 Å². The van der Waals surface area contributed by atoms with Crippen LogP contribution in [0.1, 0.15) is 21.7 Å². The molecule has 0 radical (unpaired) electrons. The lowest BCUT2D eigenvalue weighted by molar-refractivity contribution is -0.132. The minimum absolute atomic E-state index is 0.0391. The molecule has 1 aromatic carbocycles. The first-order valence-electron chi connectivity index (χ1n) is 9.94. The molecule has 160 valence electrons. The van der Waals surface area contributed by atoms with E-state index in [0.717, 1.165) is 5.56 Å². The molecule has 0 saturated carbocycles. The van der Waals surface area contributed by atoms with Crippen LogP contribution in [0, 0.1) is 5.82 Å². The van der Waals surface area contributed by atoms with Crippen LogP contribution in [0.25, 0.3) is 0 Å². The molecule has 1 saturated heterocycles. The molecular formula is C23H22FN3O4. The first-order chi connectivity index (χ1) is 15.1. The van der Waals surface area contributed by atoms with E-state index in [1.54, 1.807) is 47.6 Å². The van der Waals surface area contributed by atoms with Gasteiger partial charge in [-0.3, -0.25) is 14.6 Å². The Hall–Kier alpha value is -3.52. The molecule has 1 aliphatic heterocycles. The zero-order valence-electron chi connectivity index (χ0n) is 16.8. The fraction of sp³-hybridized carbons (Fsp3) is 0.261. The molecule has 0 bridgehead atoms. The Morgan fingerprint density at radius 3 is 2.68 bits per heavy atom. The Morgan fingerprint density at radius 2 is 1.94 bits per heavy atom. The number of rotatable bonds is 6. The zero-order chi connectivity index (χ0) is 21.6. The Morgan fingerprint density at radius 1 is 1.13 bits per heavy atom. The first kappa shape index (κ1) is 20.7. The number of pyridine rings is 1. The molecule has 1 fully saturated rings. The topological polar surface area (TPSA) is 75.9 Å². The van der Waals surface area contributed by atoms with Crippen molar-refractivity contribution in [3.8, 4) is 0 Å². The Kier molecular flexibility index (Phi) is 6.37. The second-order valence-corrected chi connectivity index (χ2v) is 7.32. The van der Waals surface area contributed by atoms with Gasteiger partial charge in [0.15, 0.2) is 5.76 Å². The minimum atomic E-state index is -0.494. The van der Waals surface area contributed by atoms with Gasteiger partial charge in [-0.15, -0.1) is 0 Å². The summed E-state index contributed by atoms with van der Waals surface area (Å²) in [5, 5.41) is 0. The third kappa shape index (κ3) is 5.16. The van der Waals surface area contributed by atoms with E-state index in [1.165, 1.54) is 17.2 Å². The smallest absolute Gasteiger partial charge is 0.290 e. The van der Waals surface area contributed by atoms with E-state index >= 15 is 0 Å². The summed E-state index contributed by atoms with van der Waals surface area (Å²) < 4.78 is 25.2. The van der Waals surface area contributed by atoms with Gasteiger partial charge < -0.3 is 19.0 Å². The standard InChI is InChI=1S/C23H22FN3O4/c24-20-5-2-1-4-18(20)16-31-19-13-26(12-17-7-9-25-10-8-17)22(28)15-27(14-19)23(29)21-6-3-11-30-21/h1-11,19H,12-16H2. The van der Waals surface area contributed by atoms with Gasteiger partial charge in [0.1, 0.15) is 12.4 Å². The summed E-state index contributed by atoms with van der Waals surface area (Å²) in [6.45, 7) is 0.773. The molecule has 0 spiro atoms. The SMILES string of the molecule is O=C1CN(C(=O)c2ccco2)CC(OCc2ccccc2F)CN1Cc1ccncc1. The van der Waals surface area contributed by atoms with Crippen molar-refractivity contribution in [2.45, 2.75) is 19.3 Å². The Labute approximate surface area is 179 Å². The molecule has 3 aromatic rings. The summed E-state index contributed by atoms with van der Waals surface area (Å²) in [4.78, 5) is 32.8. The minimum Gasteiger partial charge on any atom is -0.459 e. The summed E-state index contributed by atoms with van der Waals surface area (Å²) >= 11 is 0. The molecule has 3 heterocycles. The van der Waals surface area contributed by atoms with Gasteiger partial charge in [0.05, 0.1) is 19.0 Å². The molecular weight excluding hydrogens is 401 g/mol. The number of amides is 2. The number of halogens is 1. The summed E-state index contributed by atoms with van der Waals surface area (Å²) in [7, 11) is 0. The molecule has 0 N–H and O–H groups in total. The number of carbonyl (C=O) groups is 2. The molecule has 1 atom stereocenters. The molecule has 7 nitrogen and oxygen atoms in total. The van der Waals surface area contributed by atoms with Crippen LogP contribution in [-0.4, -0.2) is 52.3 Å². The Bertz CT molecular complexity index is 1030. The molecule has 4 rings (SSSR count). The van der Waals surface area contributed by atoms with Crippen LogP contribution < -0.4 is 0 Å². The second-order valence-electron chi connectivity index (χ2n) is 7.32. The summed E-state index contributed by atoms with van der Waals surface area (Å²) in [6.07, 6.45) is 4.24. The number of benzene rings is 1. The monoisotopic (exact) mass is 423 g/mol. The molecule has 0 aliphatic carbocycles. The normalized spacial score (nSPS) is 16.9. The van der Waals surface area contributed by atoms with E-state index in [2.05, 4.69) is 4.98 Å². The van der Waals surface area contributed by atoms with Crippen LogP contribution in [0.5, 0.6) is 0 Å². The van der Waals surface area contributed by atoms with E-state index in [9.17, 15) is 14.0 Å². The highest BCUT2D eigenvalue weighted by Gasteiger charge is 2.32. The molecule has 1 unspecified atom stereocenters. The average molecular weight is 423 g/mol. The van der Waals surface area contributed by atoms with E-state index in [0.29, 0.717) is 12.1 Å². The predicted molar refractivity (Wildman–Crippen MR) is 109 cm³/mol. The fourth-order valence-corrected chi connectivity index (χ4v) is 3.48. The van der Waals surface area contributed by atoms with Crippen molar-refractivity contribution in [3.05, 3.63) is 89.9 Å². The number of nitrogens with zero attached hydrogens (tertiary/aromatic N) is 3. The van der Waals surface area contributed by atoms with Crippen LogP contribution in [0.3, 0.4) is 0 Å². The van der Waals surface area contributed by atoms with E-state index in [-0.39, 0.29) is 49.6 Å². The highest BCUT2D eigenvalue weighted by Crippen LogP contribution is 2.17. The van der Waals surface area contributed by atoms with E-state index < -0.39 is 6.10 Å². The van der Waals surface area contributed by atoms with Gasteiger partial charge in [-0.05, 0) is 35.9 Å². The third-order valence-corrected chi connectivity index (χ3v) is 5.10. The number of hydrogen-bond acceptors (Lipinski definition) is 5. The van der Waals surface area contributed by atoms with Gasteiger partial charge in [0.2, 0.25) is 5.91 Å². The molecule has 2 amide bonds.